The Hall–Kier alpha value is -2.07. The van der Waals surface area contributed by atoms with Gasteiger partial charge in [0.1, 0.15) is 12.4 Å². The fourth-order valence-corrected chi connectivity index (χ4v) is 2.58. The molecule has 3 nitrogen and oxygen atoms in total. The van der Waals surface area contributed by atoms with E-state index >= 15 is 0 Å². The van der Waals surface area contributed by atoms with Gasteiger partial charge in [-0.3, -0.25) is 0 Å². The van der Waals surface area contributed by atoms with E-state index in [0.29, 0.717) is 6.61 Å². The van der Waals surface area contributed by atoms with Crippen LogP contribution in [-0.4, -0.2) is 11.1 Å². The predicted molar refractivity (Wildman–Crippen MR) is 81.2 cm³/mol. The molecule has 0 fully saturated rings. The first-order valence-electron chi connectivity index (χ1n) is 6.24. The minimum Gasteiger partial charge on any atom is -0.488 e. The molecular formula is C16H16O3S. The molecule has 1 aromatic carbocycles. The zero-order valence-electron chi connectivity index (χ0n) is 11.4. The third-order valence-electron chi connectivity index (χ3n) is 3.10. The number of thiophene rings is 1. The Bertz CT molecular complexity index is 641. The van der Waals surface area contributed by atoms with E-state index in [-0.39, 0.29) is 0 Å². The third-order valence-corrected chi connectivity index (χ3v) is 4.01. The van der Waals surface area contributed by atoms with Gasteiger partial charge in [-0.15, -0.1) is 11.3 Å². The van der Waals surface area contributed by atoms with Crippen molar-refractivity contribution in [3.8, 4) is 5.75 Å². The summed E-state index contributed by atoms with van der Waals surface area (Å²) < 4.78 is 5.84. The molecule has 20 heavy (non-hydrogen) atoms. The fourth-order valence-electron chi connectivity index (χ4n) is 1.80. The predicted octanol–water partition coefficient (Wildman–Crippen LogP) is 4.04. The van der Waals surface area contributed by atoms with Crippen molar-refractivity contribution in [1.82, 2.24) is 0 Å². The van der Waals surface area contributed by atoms with Gasteiger partial charge < -0.3 is 9.84 Å². The van der Waals surface area contributed by atoms with Crippen molar-refractivity contribution in [3.63, 3.8) is 0 Å². The summed E-state index contributed by atoms with van der Waals surface area (Å²) >= 11 is 1.56. The Morgan fingerprint density at radius 2 is 2.15 bits per heavy atom. The number of aryl methyl sites for hydroxylation is 1. The number of carboxylic acids is 1. The van der Waals surface area contributed by atoms with Gasteiger partial charge in [0.2, 0.25) is 0 Å². The van der Waals surface area contributed by atoms with E-state index in [4.69, 9.17) is 9.84 Å². The highest BCUT2D eigenvalue weighted by molar-refractivity contribution is 7.10. The third kappa shape index (κ3) is 3.48. The maximum Gasteiger partial charge on any atom is 0.328 e. The molecule has 0 aliphatic carbocycles. The average Bonchev–Trinajstić information content (AvgIpc) is 2.85. The largest absolute Gasteiger partial charge is 0.488 e. The summed E-state index contributed by atoms with van der Waals surface area (Å²) in [6, 6.07) is 7.86. The number of aliphatic carboxylic acids is 1. The topological polar surface area (TPSA) is 46.5 Å². The highest BCUT2D eigenvalue weighted by Gasteiger charge is 2.06. The number of hydrogen-bond acceptors (Lipinski definition) is 3. The van der Waals surface area contributed by atoms with Gasteiger partial charge in [0.25, 0.3) is 0 Å². The first kappa shape index (κ1) is 14.3. The molecule has 2 rings (SSSR count). The number of rotatable bonds is 5. The Labute approximate surface area is 122 Å². The Kier molecular flexibility index (Phi) is 4.58. The van der Waals surface area contributed by atoms with Crippen molar-refractivity contribution in [3.05, 3.63) is 57.3 Å². The van der Waals surface area contributed by atoms with E-state index < -0.39 is 5.97 Å². The van der Waals surface area contributed by atoms with E-state index in [1.165, 1.54) is 5.56 Å². The molecule has 0 radical (unpaired) electrons. The van der Waals surface area contributed by atoms with Crippen LogP contribution >= 0.6 is 11.3 Å². The molecule has 4 heteroatoms. The molecule has 1 N–H and O–H groups in total. The Morgan fingerprint density at radius 1 is 1.35 bits per heavy atom. The zero-order valence-corrected chi connectivity index (χ0v) is 12.2. The Morgan fingerprint density at radius 3 is 2.90 bits per heavy atom. The summed E-state index contributed by atoms with van der Waals surface area (Å²) in [4.78, 5) is 11.6. The molecule has 0 aliphatic heterocycles. The lowest BCUT2D eigenvalue weighted by Gasteiger charge is -2.10. The second kappa shape index (κ2) is 6.39. The van der Waals surface area contributed by atoms with Crippen LogP contribution in [0.1, 0.15) is 21.6 Å². The molecule has 0 spiro atoms. The molecule has 0 saturated carbocycles. The minimum absolute atomic E-state index is 0.446. The average molecular weight is 288 g/mol. The molecule has 2 aromatic rings. The second-order valence-electron chi connectivity index (χ2n) is 4.46. The number of carbonyl (C=O) groups is 1. The van der Waals surface area contributed by atoms with Crippen LogP contribution in [0.15, 0.2) is 35.7 Å². The van der Waals surface area contributed by atoms with Crippen LogP contribution in [0.4, 0.5) is 0 Å². The van der Waals surface area contributed by atoms with Crippen molar-refractivity contribution in [2.75, 3.05) is 0 Å². The molecule has 0 atom stereocenters. The van der Waals surface area contributed by atoms with Crippen molar-refractivity contribution in [2.45, 2.75) is 20.5 Å². The maximum absolute atomic E-state index is 10.6. The number of hydrogen-bond donors (Lipinski definition) is 1. The smallest absolute Gasteiger partial charge is 0.328 e. The lowest BCUT2D eigenvalue weighted by Crippen LogP contribution is -1.97. The summed E-state index contributed by atoms with van der Waals surface area (Å²) in [7, 11) is 0. The summed E-state index contributed by atoms with van der Waals surface area (Å²) in [5.74, 6) is -0.0795. The zero-order chi connectivity index (χ0) is 14.5. The number of carboxylic acid groups (broad SMARTS) is 1. The summed E-state index contributed by atoms with van der Waals surface area (Å²) in [6.07, 6.45) is 2.74. The van der Waals surface area contributed by atoms with E-state index in [1.54, 1.807) is 17.4 Å². The lowest BCUT2D eigenvalue weighted by atomic mass is 10.1. The fraction of sp³-hybridized carbons (Fsp3) is 0.188. The second-order valence-corrected chi connectivity index (χ2v) is 5.46. The molecular weight excluding hydrogens is 272 g/mol. The summed E-state index contributed by atoms with van der Waals surface area (Å²) in [6.45, 7) is 4.53. The van der Waals surface area contributed by atoms with Crippen molar-refractivity contribution < 1.29 is 14.6 Å². The maximum atomic E-state index is 10.6. The van der Waals surface area contributed by atoms with Gasteiger partial charge in [0, 0.05) is 11.0 Å². The molecule has 0 bridgehead atoms. The molecule has 1 aromatic heterocycles. The monoisotopic (exact) mass is 288 g/mol. The van der Waals surface area contributed by atoms with Gasteiger partial charge >= 0.3 is 5.97 Å². The molecule has 104 valence electrons. The van der Waals surface area contributed by atoms with Crippen LogP contribution in [0.5, 0.6) is 5.75 Å². The van der Waals surface area contributed by atoms with E-state index in [2.05, 4.69) is 0 Å². The van der Waals surface area contributed by atoms with Crippen LogP contribution in [0, 0.1) is 13.8 Å². The first-order valence-corrected chi connectivity index (χ1v) is 7.12. The van der Waals surface area contributed by atoms with Crippen LogP contribution in [0.25, 0.3) is 6.08 Å². The summed E-state index contributed by atoms with van der Waals surface area (Å²) in [5.41, 5.74) is 3.22. The van der Waals surface area contributed by atoms with E-state index in [9.17, 15) is 4.79 Å². The molecule has 0 saturated heterocycles. The van der Waals surface area contributed by atoms with Crippen LogP contribution in [0.3, 0.4) is 0 Å². The van der Waals surface area contributed by atoms with E-state index in [0.717, 1.165) is 27.8 Å². The number of benzene rings is 1. The summed E-state index contributed by atoms with van der Waals surface area (Å²) in [5, 5.41) is 10.6. The molecule has 0 unspecified atom stereocenters. The van der Waals surface area contributed by atoms with Crippen molar-refractivity contribution in [2.24, 2.45) is 0 Å². The highest BCUT2D eigenvalue weighted by Crippen LogP contribution is 2.24. The Balaban J connectivity index is 2.10. The quantitative estimate of drug-likeness (QED) is 0.845. The highest BCUT2D eigenvalue weighted by atomic mass is 32.1. The first-order chi connectivity index (χ1) is 9.58. The molecule has 0 amide bonds. The van der Waals surface area contributed by atoms with Gasteiger partial charge in [0.05, 0.1) is 0 Å². The van der Waals surface area contributed by atoms with Gasteiger partial charge in [0.15, 0.2) is 0 Å². The standard InChI is InChI=1S/C16H16O3S/c1-11-4-3-5-14(12(11)2)19-10-15-13(8-9-20-15)6-7-16(17)18/h3-9H,10H2,1-2H3,(H,17,18). The van der Waals surface area contributed by atoms with Gasteiger partial charge in [-0.2, -0.15) is 0 Å². The van der Waals surface area contributed by atoms with Gasteiger partial charge in [-0.25, -0.2) is 4.79 Å². The SMILES string of the molecule is Cc1cccc(OCc2sccc2C=CC(=O)O)c1C. The molecule has 1 heterocycles. The number of ether oxygens (including phenoxy) is 1. The van der Waals surface area contributed by atoms with Gasteiger partial charge in [-0.05, 0) is 54.1 Å². The minimum atomic E-state index is -0.947. The van der Waals surface area contributed by atoms with Crippen molar-refractivity contribution in [1.29, 1.82) is 0 Å². The van der Waals surface area contributed by atoms with Gasteiger partial charge in [-0.1, -0.05) is 12.1 Å². The molecule has 0 aliphatic rings. The van der Waals surface area contributed by atoms with Crippen molar-refractivity contribution >= 4 is 23.4 Å². The lowest BCUT2D eigenvalue weighted by molar-refractivity contribution is -0.131. The van der Waals surface area contributed by atoms with Crippen LogP contribution in [0.2, 0.25) is 0 Å². The van der Waals surface area contributed by atoms with E-state index in [1.807, 2.05) is 43.5 Å². The van der Waals surface area contributed by atoms with Crippen LogP contribution in [-0.2, 0) is 11.4 Å². The normalized spacial score (nSPS) is 10.9. The van der Waals surface area contributed by atoms with Crippen LogP contribution < -0.4 is 4.74 Å².